The number of thiophene rings is 1. The second-order valence-corrected chi connectivity index (χ2v) is 5.75. The average Bonchev–Trinajstić information content (AvgIpc) is 3.03. The quantitative estimate of drug-likeness (QED) is 0.656. The molecular formula is C17H23N3OS. The van der Waals surface area contributed by atoms with Gasteiger partial charge < -0.3 is 15.0 Å². The van der Waals surface area contributed by atoms with Gasteiger partial charge in [-0.05, 0) is 47.0 Å². The van der Waals surface area contributed by atoms with Crippen molar-refractivity contribution in [2.75, 3.05) is 20.7 Å². The third-order valence-electron chi connectivity index (χ3n) is 3.26. The molecule has 0 radical (unpaired) electrons. The zero-order chi connectivity index (χ0) is 15.8. The Morgan fingerprint density at radius 2 is 2.00 bits per heavy atom. The normalized spacial score (nSPS) is 11.3. The van der Waals surface area contributed by atoms with Gasteiger partial charge in [0.15, 0.2) is 5.96 Å². The lowest BCUT2D eigenvalue weighted by Gasteiger charge is -2.22. The summed E-state index contributed by atoms with van der Waals surface area (Å²) < 4.78 is 5.47. The van der Waals surface area contributed by atoms with Gasteiger partial charge in [-0.15, -0.1) is 0 Å². The number of guanidine groups is 1. The molecule has 0 aliphatic rings. The van der Waals surface area contributed by atoms with E-state index in [1.54, 1.807) is 11.3 Å². The zero-order valence-corrected chi connectivity index (χ0v) is 14.2. The van der Waals surface area contributed by atoms with Crippen LogP contribution in [0.2, 0.25) is 0 Å². The maximum atomic E-state index is 5.47. The molecule has 0 saturated carbocycles. The second-order valence-electron chi connectivity index (χ2n) is 4.97. The zero-order valence-electron chi connectivity index (χ0n) is 13.4. The van der Waals surface area contributed by atoms with Crippen LogP contribution in [-0.4, -0.2) is 31.6 Å². The molecule has 0 atom stereocenters. The van der Waals surface area contributed by atoms with Crippen LogP contribution in [0.4, 0.5) is 0 Å². The van der Waals surface area contributed by atoms with Crippen molar-refractivity contribution in [1.82, 2.24) is 10.2 Å². The van der Waals surface area contributed by atoms with Gasteiger partial charge in [0.1, 0.15) is 5.75 Å². The first kappa shape index (κ1) is 16.4. The van der Waals surface area contributed by atoms with Gasteiger partial charge in [-0.3, -0.25) is 4.99 Å². The van der Waals surface area contributed by atoms with E-state index in [4.69, 9.17) is 4.74 Å². The molecule has 4 nitrogen and oxygen atoms in total. The van der Waals surface area contributed by atoms with Crippen molar-refractivity contribution in [3.05, 3.63) is 52.2 Å². The van der Waals surface area contributed by atoms with Gasteiger partial charge in [-0.2, -0.15) is 11.3 Å². The summed E-state index contributed by atoms with van der Waals surface area (Å²) in [6.45, 7) is 4.28. The van der Waals surface area contributed by atoms with Crippen molar-refractivity contribution in [3.8, 4) is 5.75 Å². The number of nitrogens with one attached hydrogen (secondary N) is 1. The molecule has 2 rings (SSSR count). The smallest absolute Gasteiger partial charge is 0.193 e. The van der Waals surface area contributed by atoms with E-state index in [0.29, 0.717) is 6.61 Å². The van der Waals surface area contributed by atoms with Gasteiger partial charge in [0, 0.05) is 27.2 Å². The van der Waals surface area contributed by atoms with Crippen LogP contribution in [0.3, 0.4) is 0 Å². The molecule has 5 heteroatoms. The lowest BCUT2D eigenvalue weighted by molar-refractivity contribution is 0.340. The van der Waals surface area contributed by atoms with Crippen LogP contribution >= 0.6 is 11.3 Å². The van der Waals surface area contributed by atoms with Crippen LogP contribution in [-0.2, 0) is 13.1 Å². The minimum Gasteiger partial charge on any atom is -0.494 e. The topological polar surface area (TPSA) is 36.9 Å². The van der Waals surface area contributed by atoms with E-state index >= 15 is 0 Å². The van der Waals surface area contributed by atoms with E-state index in [0.717, 1.165) is 24.8 Å². The van der Waals surface area contributed by atoms with E-state index in [1.165, 1.54) is 11.1 Å². The summed E-state index contributed by atoms with van der Waals surface area (Å²) in [5.41, 5.74) is 2.50. The van der Waals surface area contributed by atoms with Crippen LogP contribution in [0.1, 0.15) is 18.1 Å². The molecule has 0 amide bonds. The number of nitrogens with zero attached hydrogens (tertiary/aromatic N) is 2. The fourth-order valence-electron chi connectivity index (χ4n) is 2.17. The molecule has 0 unspecified atom stereocenters. The fraction of sp³-hybridized carbons (Fsp3) is 0.353. The Bertz CT molecular complexity index is 578. The molecule has 0 spiro atoms. The molecule has 2 aromatic rings. The molecular weight excluding hydrogens is 294 g/mol. The van der Waals surface area contributed by atoms with E-state index in [9.17, 15) is 0 Å². The van der Waals surface area contributed by atoms with E-state index in [2.05, 4.69) is 44.2 Å². The Hall–Kier alpha value is -2.01. The largest absolute Gasteiger partial charge is 0.494 e. The number of benzene rings is 1. The SMILES string of the molecule is CCOc1ccc(CN(C)C(=NC)NCc2ccsc2)cc1. The Labute approximate surface area is 136 Å². The first-order valence-electron chi connectivity index (χ1n) is 7.37. The number of rotatable bonds is 6. The predicted molar refractivity (Wildman–Crippen MR) is 93.6 cm³/mol. The summed E-state index contributed by atoms with van der Waals surface area (Å²) in [5, 5.41) is 7.61. The molecule has 0 aliphatic carbocycles. The first-order chi connectivity index (χ1) is 10.7. The molecule has 0 saturated heterocycles. The van der Waals surface area contributed by atoms with E-state index in [1.807, 2.05) is 33.2 Å². The van der Waals surface area contributed by atoms with Gasteiger partial charge in [0.25, 0.3) is 0 Å². The molecule has 1 heterocycles. The fourth-order valence-corrected chi connectivity index (χ4v) is 2.83. The van der Waals surface area contributed by atoms with Crippen molar-refractivity contribution in [1.29, 1.82) is 0 Å². The molecule has 1 N–H and O–H groups in total. The van der Waals surface area contributed by atoms with Crippen molar-refractivity contribution >= 4 is 17.3 Å². The lowest BCUT2D eigenvalue weighted by Crippen LogP contribution is -2.37. The van der Waals surface area contributed by atoms with Gasteiger partial charge in [-0.25, -0.2) is 0 Å². The molecule has 0 aliphatic heterocycles. The number of ether oxygens (including phenoxy) is 1. The number of aliphatic imine (C=N–C) groups is 1. The maximum Gasteiger partial charge on any atom is 0.193 e. The van der Waals surface area contributed by atoms with E-state index in [-0.39, 0.29) is 0 Å². The third kappa shape index (κ3) is 4.77. The molecule has 1 aromatic carbocycles. The Kier molecular flexibility index (Phi) is 6.27. The van der Waals surface area contributed by atoms with Crippen molar-refractivity contribution in [3.63, 3.8) is 0 Å². The van der Waals surface area contributed by atoms with Gasteiger partial charge in [-0.1, -0.05) is 12.1 Å². The third-order valence-corrected chi connectivity index (χ3v) is 3.99. The highest BCUT2D eigenvalue weighted by molar-refractivity contribution is 7.07. The Morgan fingerprint density at radius 3 is 2.59 bits per heavy atom. The van der Waals surface area contributed by atoms with Crippen molar-refractivity contribution in [2.45, 2.75) is 20.0 Å². The summed E-state index contributed by atoms with van der Waals surface area (Å²) in [4.78, 5) is 6.45. The Balaban J connectivity index is 1.89. The van der Waals surface area contributed by atoms with Crippen LogP contribution < -0.4 is 10.1 Å². The molecule has 0 fully saturated rings. The maximum absolute atomic E-state index is 5.47. The highest BCUT2D eigenvalue weighted by atomic mass is 32.1. The second kappa shape index (κ2) is 8.44. The molecule has 0 bridgehead atoms. The van der Waals surface area contributed by atoms with Crippen molar-refractivity contribution in [2.24, 2.45) is 4.99 Å². The van der Waals surface area contributed by atoms with Crippen molar-refractivity contribution < 1.29 is 4.74 Å². The average molecular weight is 317 g/mol. The van der Waals surface area contributed by atoms with Gasteiger partial charge in [0.05, 0.1) is 6.61 Å². The number of hydrogen-bond acceptors (Lipinski definition) is 3. The number of hydrogen-bond donors (Lipinski definition) is 1. The Morgan fingerprint density at radius 1 is 1.23 bits per heavy atom. The molecule has 22 heavy (non-hydrogen) atoms. The first-order valence-corrected chi connectivity index (χ1v) is 8.31. The minimum atomic E-state index is 0.693. The summed E-state index contributed by atoms with van der Waals surface area (Å²) in [6.07, 6.45) is 0. The predicted octanol–water partition coefficient (Wildman–Crippen LogP) is 3.35. The highest BCUT2D eigenvalue weighted by Crippen LogP contribution is 2.13. The van der Waals surface area contributed by atoms with Crippen LogP contribution in [0.5, 0.6) is 5.75 Å². The monoisotopic (exact) mass is 317 g/mol. The van der Waals surface area contributed by atoms with Crippen LogP contribution in [0.25, 0.3) is 0 Å². The summed E-state index contributed by atoms with van der Waals surface area (Å²) in [6, 6.07) is 10.3. The van der Waals surface area contributed by atoms with Crippen LogP contribution in [0.15, 0.2) is 46.1 Å². The minimum absolute atomic E-state index is 0.693. The highest BCUT2D eigenvalue weighted by Gasteiger charge is 2.07. The van der Waals surface area contributed by atoms with Crippen LogP contribution in [0, 0.1) is 0 Å². The summed E-state index contributed by atoms with van der Waals surface area (Å²) >= 11 is 1.71. The summed E-state index contributed by atoms with van der Waals surface area (Å²) in [7, 11) is 3.85. The summed E-state index contributed by atoms with van der Waals surface area (Å²) in [5.74, 6) is 1.80. The molecule has 118 valence electrons. The lowest BCUT2D eigenvalue weighted by atomic mass is 10.2. The van der Waals surface area contributed by atoms with Gasteiger partial charge >= 0.3 is 0 Å². The van der Waals surface area contributed by atoms with E-state index < -0.39 is 0 Å². The van der Waals surface area contributed by atoms with Gasteiger partial charge in [0.2, 0.25) is 0 Å². The molecule has 1 aromatic heterocycles. The standard InChI is InChI=1S/C17H23N3OS/c1-4-21-16-7-5-14(6-8-16)12-20(3)17(18-2)19-11-15-9-10-22-13-15/h5-10,13H,4,11-12H2,1-3H3,(H,18,19).